The van der Waals surface area contributed by atoms with Gasteiger partial charge in [0.1, 0.15) is 0 Å². The van der Waals surface area contributed by atoms with Crippen molar-refractivity contribution in [1.29, 1.82) is 0 Å². The van der Waals surface area contributed by atoms with Crippen LogP contribution in [0.2, 0.25) is 0 Å². The van der Waals surface area contributed by atoms with Gasteiger partial charge in [0.25, 0.3) is 0 Å². The number of carboxylic acids is 2. The molecule has 0 bridgehead atoms. The first-order chi connectivity index (χ1) is 9.56. The summed E-state index contributed by atoms with van der Waals surface area (Å²) in [5.74, 6) is -2.42. The average Bonchev–Trinajstić information content (AvgIpc) is 2.46. The van der Waals surface area contributed by atoms with Gasteiger partial charge in [0.2, 0.25) is 0 Å². The summed E-state index contributed by atoms with van der Waals surface area (Å²) in [5.41, 5.74) is 1.92. The predicted molar refractivity (Wildman–Crippen MR) is 70.5 cm³/mol. The molecule has 2 rings (SSSR count). The molecule has 2 aromatic rings. The third-order valence-electron chi connectivity index (χ3n) is 2.76. The normalized spacial score (nSPS) is 9.64. The number of aromatic carboxylic acids is 2. The van der Waals surface area contributed by atoms with Gasteiger partial charge in [-0.25, -0.2) is 0 Å². The molecule has 0 N–H and O–H groups in total. The van der Waals surface area contributed by atoms with Gasteiger partial charge in [-0.05, 0) is 22.3 Å². The van der Waals surface area contributed by atoms with Crippen LogP contribution in [0.3, 0.4) is 0 Å². The molecule has 0 saturated heterocycles. The minimum atomic E-state index is -1.21. The van der Waals surface area contributed by atoms with Crippen LogP contribution in [-0.4, -0.2) is 11.9 Å². The Morgan fingerprint density at radius 1 is 0.636 bits per heavy atom. The van der Waals surface area contributed by atoms with Crippen molar-refractivity contribution >= 4 is 24.1 Å². The zero-order valence-electron chi connectivity index (χ0n) is 11.0. The van der Waals surface area contributed by atoms with Crippen LogP contribution >= 0.6 is 0 Å². The molecule has 0 heterocycles. The summed E-state index contributed by atoms with van der Waals surface area (Å²) >= 11 is 0. The number of carbonyl (C=O) groups is 2. The predicted octanol–water partition coefficient (Wildman–Crippen LogP) is 0.579. The van der Waals surface area contributed by atoms with Crippen LogP contribution in [0.1, 0.15) is 31.8 Å². The zero-order valence-corrected chi connectivity index (χ0v) is 14.0. The quantitative estimate of drug-likeness (QED) is 0.472. The van der Waals surface area contributed by atoms with Gasteiger partial charge in [-0.3, -0.25) is 0 Å². The van der Waals surface area contributed by atoms with Gasteiger partial charge in [-0.2, -0.15) is 0 Å². The van der Waals surface area contributed by atoms with Gasteiger partial charge in [-0.1, -0.05) is 60.7 Å². The number of carbonyl (C=O) groups excluding carboxylic acids is 2. The molecular formula is C16H10Ag2O4. The molecule has 0 aliphatic rings. The van der Waals surface area contributed by atoms with Crippen molar-refractivity contribution in [1.82, 2.24) is 0 Å². The monoisotopic (exact) mass is 480 g/mol. The van der Waals surface area contributed by atoms with Gasteiger partial charge < -0.3 is 19.8 Å². The molecule has 2 aromatic carbocycles. The maximum Gasteiger partial charge on any atom is 1.00 e. The van der Waals surface area contributed by atoms with Crippen molar-refractivity contribution in [3.63, 3.8) is 0 Å². The van der Waals surface area contributed by atoms with Crippen molar-refractivity contribution < 1.29 is 64.6 Å². The molecule has 0 fully saturated rings. The SMILES string of the molecule is O=C([O-])c1ccc(C=Cc2ccc(C(=O)[O-])cc2)cc1.[Ag+].[Ag+]. The Labute approximate surface area is 158 Å². The van der Waals surface area contributed by atoms with Crippen molar-refractivity contribution in [3.8, 4) is 0 Å². The fourth-order valence-corrected chi connectivity index (χ4v) is 1.65. The van der Waals surface area contributed by atoms with E-state index in [4.69, 9.17) is 0 Å². The van der Waals surface area contributed by atoms with E-state index < -0.39 is 11.9 Å². The summed E-state index contributed by atoms with van der Waals surface area (Å²) in [6, 6.07) is 12.5. The summed E-state index contributed by atoms with van der Waals surface area (Å²) in [4.78, 5) is 21.2. The maximum absolute atomic E-state index is 10.6. The second-order valence-corrected chi connectivity index (χ2v) is 4.15. The second-order valence-electron chi connectivity index (χ2n) is 4.15. The van der Waals surface area contributed by atoms with Crippen molar-refractivity contribution in [2.24, 2.45) is 0 Å². The Bertz CT molecular complexity index is 602. The van der Waals surface area contributed by atoms with E-state index in [1.807, 2.05) is 0 Å². The van der Waals surface area contributed by atoms with Gasteiger partial charge in [0.05, 0.1) is 11.9 Å². The van der Waals surface area contributed by atoms with E-state index >= 15 is 0 Å². The van der Waals surface area contributed by atoms with Crippen LogP contribution in [0.15, 0.2) is 48.5 Å². The number of rotatable bonds is 4. The molecule has 0 saturated carbocycles. The van der Waals surface area contributed by atoms with E-state index in [0.717, 1.165) is 11.1 Å². The molecule has 6 heteroatoms. The van der Waals surface area contributed by atoms with Crippen LogP contribution in [-0.2, 0) is 44.8 Å². The third-order valence-corrected chi connectivity index (χ3v) is 2.76. The molecule has 22 heavy (non-hydrogen) atoms. The van der Waals surface area contributed by atoms with Gasteiger partial charge in [0, 0.05) is 0 Å². The van der Waals surface area contributed by atoms with E-state index in [-0.39, 0.29) is 55.9 Å². The fraction of sp³-hybridized carbons (Fsp3) is 0. The number of hydrogen-bond donors (Lipinski definition) is 0. The Balaban J connectivity index is 0.00000220. The number of hydrogen-bond acceptors (Lipinski definition) is 4. The molecule has 0 radical (unpaired) electrons. The molecule has 120 valence electrons. The van der Waals surface area contributed by atoms with Crippen molar-refractivity contribution in [3.05, 3.63) is 70.8 Å². The maximum atomic E-state index is 10.6. The summed E-state index contributed by atoms with van der Waals surface area (Å²) < 4.78 is 0. The number of benzene rings is 2. The molecule has 0 aliphatic carbocycles. The summed E-state index contributed by atoms with van der Waals surface area (Å²) in [5, 5.41) is 21.2. The minimum Gasteiger partial charge on any atom is -0.545 e. The molecule has 0 unspecified atom stereocenters. The summed E-state index contributed by atoms with van der Waals surface area (Å²) in [7, 11) is 0. The van der Waals surface area contributed by atoms with Crippen LogP contribution in [0, 0.1) is 0 Å². The number of carboxylic acid groups (broad SMARTS) is 2. The van der Waals surface area contributed by atoms with E-state index in [1.165, 1.54) is 24.3 Å². The first-order valence-corrected chi connectivity index (χ1v) is 5.87. The van der Waals surface area contributed by atoms with Gasteiger partial charge in [-0.15, -0.1) is 0 Å². The van der Waals surface area contributed by atoms with E-state index in [0.29, 0.717) is 0 Å². The Hall–Kier alpha value is -1.40. The first-order valence-electron chi connectivity index (χ1n) is 5.87. The third kappa shape index (κ3) is 5.77. The molecule has 0 aliphatic heterocycles. The minimum absolute atomic E-state index is 0. The molecule has 0 amide bonds. The Kier molecular flexibility index (Phi) is 8.97. The smallest absolute Gasteiger partial charge is 0.545 e. The van der Waals surface area contributed by atoms with Gasteiger partial charge >= 0.3 is 44.8 Å². The van der Waals surface area contributed by atoms with Crippen LogP contribution < -0.4 is 10.2 Å². The largest absolute Gasteiger partial charge is 1.00 e. The zero-order chi connectivity index (χ0) is 14.5. The van der Waals surface area contributed by atoms with Crippen LogP contribution in [0.4, 0.5) is 0 Å². The van der Waals surface area contributed by atoms with E-state index in [1.54, 1.807) is 36.4 Å². The van der Waals surface area contributed by atoms with Crippen LogP contribution in [0.5, 0.6) is 0 Å². The Morgan fingerprint density at radius 3 is 1.14 bits per heavy atom. The van der Waals surface area contributed by atoms with Crippen molar-refractivity contribution in [2.75, 3.05) is 0 Å². The van der Waals surface area contributed by atoms with Crippen LogP contribution in [0.25, 0.3) is 12.2 Å². The molecule has 0 atom stereocenters. The van der Waals surface area contributed by atoms with E-state index in [9.17, 15) is 19.8 Å². The Morgan fingerprint density at radius 2 is 0.909 bits per heavy atom. The molecule has 4 nitrogen and oxygen atoms in total. The topological polar surface area (TPSA) is 80.3 Å². The summed E-state index contributed by atoms with van der Waals surface area (Å²) in [6.07, 6.45) is 3.60. The van der Waals surface area contributed by atoms with Gasteiger partial charge in [0.15, 0.2) is 0 Å². The second kappa shape index (κ2) is 9.58. The standard InChI is InChI=1S/C16H12O4.2Ag/c17-15(18)13-7-3-11(4-8-13)1-2-12-5-9-14(10-6-12)16(19)20;;/h1-10H,(H,17,18)(H,19,20);;/q;2*+1/p-2. The first kappa shape index (κ1) is 20.6. The van der Waals surface area contributed by atoms with Crippen molar-refractivity contribution in [2.45, 2.75) is 0 Å². The van der Waals surface area contributed by atoms with E-state index in [2.05, 4.69) is 0 Å². The molecular weight excluding hydrogens is 472 g/mol. The average molecular weight is 482 g/mol. The molecule has 0 aromatic heterocycles. The molecule has 0 spiro atoms. The fourth-order valence-electron chi connectivity index (χ4n) is 1.65. The summed E-state index contributed by atoms with van der Waals surface area (Å²) in [6.45, 7) is 0.